The first-order chi connectivity index (χ1) is 8.77. The molecule has 0 bridgehead atoms. The van der Waals surface area contributed by atoms with E-state index in [4.69, 9.17) is 4.74 Å². The molecule has 0 radical (unpaired) electrons. The number of ether oxygens (including phenoxy) is 1. The summed E-state index contributed by atoms with van der Waals surface area (Å²) in [4.78, 5) is 15.7. The minimum atomic E-state index is 0.00450. The van der Waals surface area contributed by atoms with Gasteiger partial charge in [-0.3, -0.25) is 4.79 Å². The van der Waals surface area contributed by atoms with E-state index < -0.39 is 0 Å². The molecule has 3 nitrogen and oxygen atoms in total. The Hall–Kier alpha value is -1.13. The Kier molecular flexibility index (Phi) is 3.22. The number of benzene rings is 1. The number of rotatable bonds is 2. The van der Waals surface area contributed by atoms with Gasteiger partial charge < -0.3 is 9.72 Å². The lowest BCUT2D eigenvalue weighted by molar-refractivity contribution is 0.0462. The normalized spacial score (nSPS) is 20.2. The average molecular weight is 308 g/mol. The van der Waals surface area contributed by atoms with E-state index in [9.17, 15) is 4.79 Å². The van der Waals surface area contributed by atoms with E-state index in [2.05, 4.69) is 20.9 Å². The van der Waals surface area contributed by atoms with Gasteiger partial charge >= 0.3 is 0 Å². The SMILES string of the molecule is O=C(c1c[nH]c2cccc(Br)c12)C1CCCOC1. The van der Waals surface area contributed by atoms with Gasteiger partial charge in [0.2, 0.25) is 0 Å². The van der Waals surface area contributed by atoms with Gasteiger partial charge in [0, 0.05) is 39.7 Å². The average Bonchev–Trinajstić information content (AvgIpc) is 2.84. The molecular formula is C14H14BrNO2. The lowest BCUT2D eigenvalue weighted by Crippen LogP contribution is -2.25. The highest BCUT2D eigenvalue weighted by atomic mass is 79.9. The molecule has 1 unspecified atom stereocenters. The van der Waals surface area contributed by atoms with Gasteiger partial charge in [-0.1, -0.05) is 22.0 Å². The first kappa shape index (κ1) is 11.9. The predicted octanol–water partition coefficient (Wildman–Crippen LogP) is 3.54. The van der Waals surface area contributed by atoms with Gasteiger partial charge in [0.15, 0.2) is 5.78 Å². The molecule has 0 aliphatic carbocycles. The molecule has 1 saturated heterocycles. The largest absolute Gasteiger partial charge is 0.381 e. The lowest BCUT2D eigenvalue weighted by Gasteiger charge is -2.20. The summed E-state index contributed by atoms with van der Waals surface area (Å²) in [5.41, 5.74) is 1.76. The van der Waals surface area contributed by atoms with E-state index in [1.54, 1.807) is 0 Å². The number of H-pyrrole nitrogens is 1. The van der Waals surface area contributed by atoms with E-state index >= 15 is 0 Å². The van der Waals surface area contributed by atoms with Crippen molar-refractivity contribution >= 4 is 32.6 Å². The quantitative estimate of drug-likeness (QED) is 0.862. The monoisotopic (exact) mass is 307 g/mol. The number of ketones is 1. The topological polar surface area (TPSA) is 42.1 Å². The zero-order valence-corrected chi connectivity index (χ0v) is 11.5. The standard InChI is InChI=1S/C14H14BrNO2/c15-11-4-1-5-12-13(11)10(7-16-12)14(17)9-3-2-6-18-8-9/h1,4-5,7,9,16H,2-3,6,8H2. The maximum atomic E-state index is 12.5. The lowest BCUT2D eigenvalue weighted by atomic mass is 9.92. The second-order valence-electron chi connectivity index (χ2n) is 4.64. The molecule has 18 heavy (non-hydrogen) atoms. The smallest absolute Gasteiger partial charge is 0.170 e. The first-order valence-corrected chi connectivity index (χ1v) is 6.94. The summed E-state index contributed by atoms with van der Waals surface area (Å²) < 4.78 is 6.36. The predicted molar refractivity (Wildman–Crippen MR) is 73.9 cm³/mol. The van der Waals surface area contributed by atoms with Crippen LogP contribution in [0.5, 0.6) is 0 Å². The molecule has 1 aromatic heterocycles. The van der Waals surface area contributed by atoms with Crippen LogP contribution >= 0.6 is 15.9 Å². The Morgan fingerprint density at radius 2 is 2.33 bits per heavy atom. The molecule has 1 aliphatic heterocycles. The Morgan fingerprint density at radius 3 is 3.11 bits per heavy atom. The third-order valence-corrected chi connectivity index (χ3v) is 4.11. The maximum Gasteiger partial charge on any atom is 0.170 e. The van der Waals surface area contributed by atoms with Crippen molar-refractivity contribution in [3.63, 3.8) is 0 Å². The highest BCUT2D eigenvalue weighted by molar-refractivity contribution is 9.10. The molecular weight excluding hydrogens is 294 g/mol. The molecule has 1 N–H and O–H groups in total. The van der Waals surface area contributed by atoms with E-state index in [-0.39, 0.29) is 11.7 Å². The zero-order chi connectivity index (χ0) is 12.5. The second-order valence-corrected chi connectivity index (χ2v) is 5.50. The number of fused-ring (bicyclic) bond motifs is 1. The van der Waals surface area contributed by atoms with E-state index in [1.807, 2.05) is 24.4 Å². The van der Waals surface area contributed by atoms with Gasteiger partial charge in [-0.25, -0.2) is 0 Å². The summed E-state index contributed by atoms with van der Waals surface area (Å²) in [6, 6.07) is 5.90. The van der Waals surface area contributed by atoms with Gasteiger partial charge in [-0.05, 0) is 25.0 Å². The second kappa shape index (κ2) is 4.86. The van der Waals surface area contributed by atoms with Crippen molar-refractivity contribution in [3.05, 3.63) is 34.4 Å². The van der Waals surface area contributed by atoms with Gasteiger partial charge in [0.1, 0.15) is 0 Å². The van der Waals surface area contributed by atoms with Crippen LogP contribution in [0.2, 0.25) is 0 Å². The summed E-state index contributed by atoms with van der Waals surface area (Å²) in [6.45, 7) is 1.33. The molecule has 1 aliphatic rings. The minimum Gasteiger partial charge on any atom is -0.381 e. The van der Waals surface area contributed by atoms with Crippen molar-refractivity contribution in [1.29, 1.82) is 0 Å². The summed E-state index contributed by atoms with van der Waals surface area (Å²) in [7, 11) is 0. The Balaban J connectivity index is 2.01. The van der Waals surface area contributed by atoms with Gasteiger partial charge in [-0.15, -0.1) is 0 Å². The molecule has 1 aromatic carbocycles. The zero-order valence-electron chi connectivity index (χ0n) is 9.91. The highest BCUT2D eigenvalue weighted by Gasteiger charge is 2.25. The summed E-state index contributed by atoms with van der Waals surface area (Å²) in [5.74, 6) is 0.192. The van der Waals surface area contributed by atoms with Crippen molar-refractivity contribution in [3.8, 4) is 0 Å². The van der Waals surface area contributed by atoms with Crippen LogP contribution in [0.15, 0.2) is 28.9 Å². The number of aromatic amines is 1. The molecule has 3 rings (SSSR count). The molecule has 0 amide bonds. The van der Waals surface area contributed by atoms with E-state index in [0.29, 0.717) is 6.61 Å². The summed E-state index contributed by atoms with van der Waals surface area (Å²) in [6.07, 6.45) is 3.71. The fourth-order valence-corrected chi connectivity index (χ4v) is 3.08. The molecule has 1 fully saturated rings. The number of hydrogen-bond acceptors (Lipinski definition) is 2. The van der Waals surface area contributed by atoms with Crippen molar-refractivity contribution < 1.29 is 9.53 Å². The molecule has 1 atom stereocenters. The minimum absolute atomic E-state index is 0.00450. The number of carbonyl (C=O) groups is 1. The third-order valence-electron chi connectivity index (χ3n) is 3.45. The van der Waals surface area contributed by atoms with Crippen molar-refractivity contribution in [2.45, 2.75) is 12.8 Å². The van der Waals surface area contributed by atoms with Gasteiger partial charge in [-0.2, -0.15) is 0 Å². The third kappa shape index (κ3) is 1.99. The number of halogens is 1. The van der Waals surface area contributed by atoms with Gasteiger partial charge in [0.05, 0.1) is 6.61 Å². The van der Waals surface area contributed by atoms with Crippen LogP contribution in [0.25, 0.3) is 10.9 Å². The molecule has 2 heterocycles. The van der Waals surface area contributed by atoms with E-state index in [1.165, 1.54) is 0 Å². The fourth-order valence-electron chi connectivity index (χ4n) is 2.50. The maximum absolute atomic E-state index is 12.5. The van der Waals surface area contributed by atoms with Crippen LogP contribution in [0.3, 0.4) is 0 Å². The number of nitrogens with one attached hydrogen (secondary N) is 1. The van der Waals surface area contributed by atoms with Crippen LogP contribution in [0.1, 0.15) is 23.2 Å². The van der Waals surface area contributed by atoms with Crippen molar-refractivity contribution in [2.75, 3.05) is 13.2 Å². The van der Waals surface area contributed by atoms with Crippen LogP contribution in [0.4, 0.5) is 0 Å². The number of hydrogen-bond donors (Lipinski definition) is 1. The summed E-state index contributed by atoms with van der Waals surface area (Å²) >= 11 is 3.52. The number of Topliss-reactive ketones (excluding diaryl/α,β-unsaturated/α-hetero) is 1. The molecule has 0 spiro atoms. The Morgan fingerprint density at radius 1 is 1.44 bits per heavy atom. The van der Waals surface area contributed by atoms with Crippen LogP contribution in [0, 0.1) is 5.92 Å². The molecule has 2 aromatic rings. The Bertz CT molecular complexity index is 584. The fraction of sp³-hybridized carbons (Fsp3) is 0.357. The highest BCUT2D eigenvalue weighted by Crippen LogP contribution is 2.30. The van der Waals surface area contributed by atoms with Crippen LogP contribution < -0.4 is 0 Å². The number of carbonyl (C=O) groups excluding carboxylic acids is 1. The molecule has 4 heteroatoms. The first-order valence-electron chi connectivity index (χ1n) is 6.15. The summed E-state index contributed by atoms with van der Waals surface area (Å²) in [5, 5.41) is 0.980. The van der Waals surface area contributed by atoms with Crippen LogP contribution in [-0.2, 0) is 4.74 Å². The van der Waals surface area contributed by atoms with Crippen molar-refractivity contribution in [2.24, 2.45) is 5.92 Å². The van der Waals surface area contributed by atoms with Crippen LogP contribution in [-0.4, -0.2) is 24.0 Å². The van der Waals surface area contributed by atoms with Crippen molar-refractivity contribution in [1.82, 2.24) is 4.98 Å². The van der Waals surface area contributed by atoms with Gasteiger partial charge in [0.25, 0.3) is 0 Å². The molecule has 94 valence electrons. The molecule has 0 saturated carbocycles. The van der Waals surface area contributed by atoms with E-state index in [0.717, 1.165) is 40.4 Å². The Labute approximate surface area is 114 Å². The number of aromatic nitrogens is 1.